The molecule has 1 heteroatoms. The van der Waals surface area contributed by atoms with Crippen molar-refractivity contribution < 1.29 is 4.74 Å². The highest BCUT2D eigenvalue weighted by molar-refractivity contribution is 5.12. The molecular formula is C9H12O. The molecule has 1 heterocycles. The first-order chi connectivity index (χ1) is 4.93. The van der Waals surface area contributed by atoms with Crippen LogP contribution in [0.2, 0.25) is 0 Å². The average Bonchev–Trinajstić information content (AvgIpc) is 2.60. The molecule has 1 saturated carbocycles. The van der Waals surface area contributed by atoms with E-state index in [1.54, 1.807) is 0 Å². The molecule has 0 N–H and O–H groups in total. The highest BCUT2D eigenvalue weighted by atomic mass is 16.6. The molecule has 1 nitrogen and oxygen atoms in total. The molecule has 10 heavy (non-hydrogen) atoms. The van der Waals surface area contributed by atoms with Crippen molar-refractivity contribution in [2.45, 2.75) is 18.9 Å². The van der Waals surface area contributed by atoms with Crippen molar-refractivity contribution in [3.05, 3.63) is 12.2 Å². The van der Waals surface area contributed by atoms with Gasteiger partial charge in [-0.05, 0) is 30.6 Å². The molecule has 3 rings (SSSR count). The molecule has 0 spiro atoms. The predicted molar refractivity (Wildman–Crippen MR) is 38.6 cm³/mol. The summed E-state index contributed by atoms with van der Waals surface area (Å²) in [4.78, 5) is 0. The van der Waals surface area contributed by atoms with Gasteiger partial charge in [0.2, 0.25) is 0 Å². The first kappa shape index (κ1) is 5.36. The minimum absolute atomic E-state index is 0.653. The Morgan fingerprint density at radius 3 is 2.60 bits per heavy atom. The van der Waals surface area contributed by atoms with Crippen LogP contribution in [0.3, 0.4) is 0 Å². The monoisotopic (exact) mass is 136 g/mol. The van der Waals surface area contributed by atoms with Crippen LogP contribution in [-0.4, -0.2) is 12.7 Å². The molecule has 2 aliphatic carbocycles. The highest BCUT2D eigenvalue weighted by Gasteiger charge is 2.44. The quantitative estimate of drug-likeness (QED) is 0.394. The normalized spacial score (nSPS) is 56.0. The lowest BCUT2D eigenvalue weighted by Crippen LogP contribution is -2.13. The molecule has 3 unspecified atom stereocenters. The van der Waals surface area contributed by atoms with Gasteiger partial charge in [-0.2, -0.15) is 0 Å². The van der Waals surface area contributed by atoms with Gasteiger partial charge < -0.3 is 4.74 Å². The van der Waals surface area contributed by atoms with Crippen molar-refractivity contribution in [1.29, 1.82) is 0 Å². The Morgan fingerprint density at radius 1 is 1.20 bits per heavy atom. The van der Waals surface area contributed by atoms with Gasteiger partial charge >= 0.3 is 0 Å². The van der Waals surface area contributed by atoms with Gasteiger partial charge in [-0.1, -0.05) is 12.2 Å². The Hall–Kier alpha value is -0.300. The zero-order chi connectivity index (χ0) is 6.55. The van der Waals surface area contributed by atoms with E-state index in [9.17, 15) is 0 Å². The van der Waals surface area contributed by atoms with E-state index in [2.05, 4.69) is 12.2 Å². The standard InChI is InChI=1S/C9H12O/c1-2-7-3-6(1)4-8(7)9-5-10-9/h1-2,6-9H,3-5H2/t6?,7?,8?,9-/m0/s1. The third-order valence-corrected chi connectivity index (χ3v) is 3.17. The fourth-order valence-electron chi connectivity index (χ4n) is 2.55. The molecule has 0 aromatic carbocycles. The van der Waals surface area contributed by atoms with Crippen LogP contribution in [0.15, 0.2) is 12.2 Å². The van der Waals surface area contributed by atoms with Crippen LogP contribution in [0.1, 0.15) is 12.8 Å². The maximum absolute atomic E-state index is 5.31. The van der Waals surface area contributed by atoms with Crippen molar-refractivity contribution in [3.8, 4) is 0 Å². The summed E-state index contributed by atoms with van der Waals surface area (Å²) in [5.74, 6) is 2.70. The molecule has 0 aromatic rings. The first-order valence-corrected chi connectivity index (χ1v) is 4.23. The van der Waals surface area contributed by atoms with Crippen LogP contribution in [0.4, 0.5) is 0 Å². The molecule has 0 aromatic heterocycles. The van der Waals surface area contributed by atoms with Crippen LogP contribution < -0.4 is 0 Å². The predicted octanol–water partition coefficient (Wildman–Crippen LogP) is 1.60. The maximum atomic E-state index is 5.31. The molecule has 1 saturated heterocycles. The zero-order valence-electron chi connectivity index (χ0n) is 5.99. The SMILES string of the molecule is C1=CC2CC1CC2[C@@H]1CO1. The lowest BCUT2D eigenvalue weighted by atomic mass is 9.91. The number of ether oxygens (including phenoxy) is 1. The van der Waals surface area contributed by atoms with Crippen molar-refractivity contribution in [1.82, 2.24) is 0 Å². The number of fused-ring (bicyclic) bond motifs is 2. The minimum atomic E-state index is 0.653. The van der Waals surface area contributed by atoms with E-state index in [0.29, 0.717) is 6.10 Å². The van der Waals surface area contributed by atoms with Gasteiger partial charge in [0.15, 0.2) is 0 Å². The first-order valence-electron chi connectivity index (χ1n) is 4.23. The molecule has 2 fully saturated rings. The van der Waals surface area contributed by atoms with E-state index in [1.807, 2.05) is 0 Å². The molecule has 4 atom stereocenters. The molecule has 2 bridgehead atoms. The lowest BCUT2D eigenvalue weighted by Gasteiger charge is -2.14. The van der Waals surface area contributed by atoms with Gasteiger partial charge in [0.25, 0.3) is 0 Å². The summed E-state index contributed by atoms with van der Waals surface area (Å²) in [5.41, 5.74) is 0. The van der Waals surface area contributed by atoms with Crippen LogP contribution >= 0.6 is 0 Å². The third-order valence-electron chi connectivity index (χ3n) is 3.17. The molecule has 1 aliphatic heterocycles. The zero-order valence-corrected chi connectivity index (χ0v) is 5.99. The average molecular weight is 136 g/mol. The van der Waals surface area contributed by atoms with Gasteiger partial charge in [-0.3, -0.25) is 0 Å². The summed E-state index contributed by atoms with van der Waals surface area (Å²) in [7, 11) is 0. The van der Waals surface area contributed by atoms with E-state index in [4.69, 9.17) is 4.74 Å². The van der Waals surface area contributed by atoms with Crippen molar-refractivity contribution >= 4 is 0 Å². The van der Waals surface area contributed by atoms with E-state index >= 15 is 0 Å². The van der Waals surface area contributed by atoms with Crippen molar-refractivity contribution in [2.24, 2.45) is 17.8 Å². The molecule has 3 aliphatic rings. The minimum Gasteiger partial charge on any atom is -0.373 e. The van der Waals surface area contributed by atoms with Crippen molar-refractivity contribution in [2.75, 3.05) is 6.61 Å². The Kier molecular flexibility index (Phi) is 0.883. The van der Waals surface area contributed by atoms with Gasteiger partial charge in [0.1, 0.15) is 0 Å². The van der Waals surface area contributed by atoms with Gasteiger partial charge in [-0.25, -0.2) is 0 Å². The number of hydrogen-bond acceptors (Lipinski definition) is 1. The summed E-state index contributed by atoms with van der Waals surface area (Å²) in [6.07, 6.45) is 8.28. The largest absolute Gasteiger partial charge is 0.373 e. The van der Waals surface area contributed by atoms with E-state index in [-0.39, 0.29) is 0 Å². The topological polar surface area (TPSA) is 12.5 Å². The second-order valence-corrected chi connectivity index (χ2v) is 3.82. The third kappa shape index (κ3) is 0.615. The summed E-state index contributed by atoms with van der Waals surface area (Å²) >= 11 is 0. The number of epoxide rings is 1. The number of allylic oxidation sites excluding steroid dienone is 2. The second kappa shape index (κ2) is 1.65. The Bertz CT molecular complexity index is 181. The van der Waals surface area contributed by atoms with Crippen LogP contribution in [-0.2, 0) is 4.74 Å². The van der Waals surface area contributed by atoms with Crippen molar-refractivity contribution in [3.63, 3.8) is 0 Å². The smallest absolute Gasteiger partial charge is 0.0843 e. The van der Waals surface area contributed by atoms with E-state index in [0.717, 1.165) is 24.4 Å². The van der Waals surface area contributed by atoms with Crippen LogP contribution in [0.5, 0.6) is 0 Å². The molecular weight excluding hydrogens is 124 g/mol. The van der Waals surface area contributed by atoms with Gasteiger partial charge in [0, 0.05) is 0 Å². The fraction of sp³-hybridized carbons (Fsp3) is 0.778. The highest BCUT2D eigenvalue weighted by Crippen LogP contribution is 2.47. The van der Waals surface area contributed by atoms with E-state index < -0.39 is 0 Å². The summed E-state index contributed by atoms with van der Waals surface area (Å²) in [6, 6.07) is 0. The van der Waals surface area contributed by atoms with Crippen LogP contribution in [0.25, 0.3) is 0 Å². The second-order valence-electron chi connectivity index (χ2n) is 3.82. The summed E-state index contributed by atoms with van der Waals surface area (Å²) in [6.45, 7) is 1.04. The summed E-state index contributed by atoms with van der Waals surface area (Å²) in [5, 5.41) is 0. The lowest BCUT2D eigenvalue weighted by molar-refractivity contribution is 0.298. The van der Waals surface area contributed by atoms with Gasteiger partial charge in [-0.15, -0.1) is 0 Å². The van der Waals surface area contributed by atoms with Crippen LogP contribution in [0, 0.1) is 17.8 Å². The van der Waals surface area contributed by atoms with Gasteiger partial charge in [0.05, 0.1) is 12.7 Å². The fourth-order valence-corrected chi connectivity index (χ4v) is 2.55. The van der Waals surface area contributed by atoms with E-state index in [1.165, 1.54) is 12.8 Å². The maximum Gasteiger partial charge on any atom is 0.0843 e. The Labute approximate surface area is 61.1 Å². The Morgan fingerprint density at radius 2 is 2.10 bits per heavy atom. The molecule has 0 amide bonds. The molecule has 54 valence electrons. The number of hydrogen-bond donors (Lipinski definition) is 0. The Balaban J connectivity index is 1.83. The number of rotatable bonds is 1. The summed E-state index contributed by atoms with van der Waals surface area (Å²) < 4.78 is 5.31. The molecule has 0 radical (unpaired) electrons.